The van der Waals surface area contributed by atoms with E-state index in [1.807, 2.05) is 6.92 Å². The largest absolute Gasteiger partial charge is 0.481 e. The normalized spacial score (nSPS) is 26.3. The summed E-state index contributed by atoms with van der Waals surface area (Å²) in [4.78, 5) is 23.5. The van der Waals surface area contributed by atoms with Crippen LogP contribution in [-0.4, -0.2) is 17.0 Å². The average molecular weight is 293 g/mol. The Bertz CT molecular complexity index is 546. The molecule has 0 saturated heterocycles. The lowest BCUT2D eigenvalue weighted by Crippen LogP contribution is -2.36. The summed E-state index contributed by atoms with van der Waals surface area (Å²) < 4.78 is 13.7. The van der Waals surface area contributed by atoms with Gasteiger partial charge >= 0.3 is 5.97 Å². The number of rotatable bonds is 4. The Kier molecular flexibility index (Phi) is 4.60. The summed E-state index contributed by atoms with van der Waals surface area (Å²) in [5.41, 5.74) is 0.406. The van der Waals surface area contributed by atoms with Gasteiger partial charge < -0.3 is 10.4 Å². The van der Waals surface area contributed by atoms with E-state index in [-0.39, 0.29) is 17.6 Å². The van der Waals surface area contributed by atoms with Crippen molar-refractivity contribution in [2.24, 2.45) is 17.8 Å². The number of amides is 1. The van der Waals surface area contributed by atoms with Crippen molar-refractivity contribution >= 4 is 11.9 Å². The molecular weight excluding hydrogens is 273 g/mol. The van der Waals surface area contributed by atoms with E-state index in [1.165, 1.54) is 6.07 Å². The predicted octanol–water partition coefficient (Wildman–Crippen LogP) is 2.75. The molecule has 0 spiro atoms. The van der Waals surface area contributed by atoms with Gasteiger partial charge in [0.1, 0.15) is 5.82 Å². The van der Waals surface area contributed by atoms with E-state index in [1.54, 1.807) is 25.1 Å². The third-order valence-electron chi connectivity index (χ3n) is 4.18. The van der Waals surface area contributed by atoms with Crippen LogP contribution >= 0.6 is 0 Å². The highest BCUT2D eigenvalue weighted by molar-refractivity contribution is 5.85. The lowest BCUT2D eigenvalue weighted by Gasteiger charge is -2.20. The van der Waals surface area contributed by atoms with Gasteiger partial charge in [0.25, 0.3) is 0 Å². The van der Waals surface area contributed by atoms with E-state index in [4.69, 9.17) is 0 Å². The molecule has 5 heteroatoms. The molecule has 0 aromatic heterocycles. The number of carbonyl (C=O) groups excluding carboxylic acids is 1. The molecule has 2 rings (SSSR count). The topological polar surface area (TPSA) is 66.4 Å². The van der Waals surface area contributed by atoms with Crippen molar-refractivity contribution in [3.05, 3.63) is 35.6 Å². The summed E-state index contributed by atoms with van der Waals surface area (Å²) >= 11 is 0. The van der Waals surface area contributed by atoms with Crippen molar-refractivity contribution in [1.29, 1.82) is 0 Å². The maximum Gasteiger partial charge on any atom is 0.307 e. The predicted molar refractivity (Wildman–Crippen MR) is 76.0 cm³/mol. The SMILES string of the molecule is CC1CC(C(=O)O)C(C(=O)N[C@H](C)c2ccccc2F)C1. The summed E-state index contributed by atoms with van der Waals surface area (Å²) in [5, 5.41) is 11.9. The zero-order chi connectivity index (χ0) is 15.6. The number of hydrogen-bond donors (Lipinski definition) is 2. The second-order valence-corrected chi connectivity index (χ2v) is 5.88. The van der Waals surface area contributed by atoms with E-state index < -0.39 is 23.8 Å². The van der Waals surface area contributed by atoms with Crippen molar-refractivity contribution in [1.82, 2.24) is 5.32 Å². The number of halogens is 1. The summed E-state index contributed by atoms with van der Waals surface area (Å²) in [6, 6.07) is 5.77. The Morgan fingerprint density at radius 1 is 1.29 bits per heavy atom. The molecule has 114 valence electrons. The molecule has 2 N–H and O–H groups in total. The summed E-state index contributed by atoms with van der Waals surface area (Å²) in [5.74, 6) is -2.58. The first-order valence-electron chi connectivity index (χ1n) is 7.17. The quantitative estimate of drug-likeness (QED) is 0.897. The van der Waals surface area contributed by atoms with Gasteiger partial charge in [0.2, 0.25) is 5.91 Å². The lowest BCUT2D eigenvalue weighted by atomic mass is 9.94. The van der Waals surface area contributed by atoms with Crippen LogP contribution in [0.15, 0.2) is 24.3 Å². The number of carboxylic acids is 1. The molecule has 0 radical (unpaired) electrons. The van der Waals surface area contributed by atoms with Crippen LogP contribution in [0.1, 0.15) is 38.3 Å². The van der Waals surface area contributed by atoms with E-state index >= 15 is 0 Å². The summed E-state index contributed by atoms with van der Waals surface area (Å²) in [7, 11) is 0. The van der Waals surface area contributed by atoms with Gasteiger partial charge in [-0.25, -0.2) is 4.39 Å². The van der Waals surface area contributed by atoms with Crippen molar-refractivity contribution in [2.45, 2.75) is 32.7 Å². The van der Waals surface area contributed by atoms with Crippen LogP contribution in [0.4, 0.5) is 4.39 Å². The molecule has 1 fully saturated rings. The number of benzene rings is 1. The van der Waals surface area contributed by atoms with Gasteiger partial charge in [-0.05, 0) is 31.7 Å². The molecule has 0 heterocycles. The standard InChI is InChI=1S/C16H20FNO3/c1-9-7-12(13(8-9)16(20)21)15(19)18-10(2)11-5-3-4-6-14(11)17/h3-6,9-10,12-13H,7-8H2,1-2H3,(H,18,19)(H,20,21)/t9?,10-,12?,13?/m1/s1. The van der Waals surface area contributed by atoms with Crippen LogP contribution in [0, 0.1) is 23.6 Å². The first-order valence-corrected chi connectivity index (χ1v) is 7.17. The van der Waals surface area contributed by atoms with Crippen molar-refractivity contribution in [3.63, 3.8) is 0 Å². The van der Waals surface area contributed by atoms with Gasteiger partial charge in [-0.15, -0.1) is 0 Å². The van der Waals surface area contributed by atoms with E-state index in [2.05, 4.69) is 5.32 Å². The van der Waals surface area contributed by atoms with Gasteiger partial charge in [0.05, 0.1) is 17.9 Å². The molecule has 1 aromatic carbocycles. The molecule has 21 heavy (non-hydrogen) atoms. The van der Waals surface area contributed by atoms with Crippen molar-refractivity contribution in [3.8, 4) is 0 Å². The molecule has 1 aliphatic rings. The molecule has 1 aromatic rings. The molecule has 1 aliphatic carbocycles. The highest BCUT2D eigenvalue weighted by Crippen LogP contribution is 2.37. The van der Waals surface area contributed by atoms with Crippen molar-refractivity contribution in [2.75, 3.05) is 0 Å². The number of carbonyl (C=O) groups is 2. The fraction of sp³-hybridized carbons (Fsp3) is 0.500. The highest BCUT2D eigenvalue weighted by atomic mass is 19.1. The first kappa shape index (κ1) is 15.5. The molecule has 4 nitrogen and oxygen atoms in total. The fourth-order valence-corrected chi connectivity index (χ4v) is 3.08. The Balaban J connectivity index is 2.07. The van der Waals surface area contributed by atoms with E-state index in [0.29, 0.717) is 18.4 Å². The minimum Gasteiger partial charge on any atom is -0.481 e. The summed E-state index contributed by atoms with van der Waals surface area (Å²) in [6.45, 7) is 3.65. The molecular formula is C16H20FNO3. The molecule has 0 bridgehead atoms. The van der Waals surface area contributed by atoms with Crippen LogP contribution in [0.25, 0.3) is 0 Å². The van der Waals surface area contributed by atoms with E-state index in [0.717, 1.165) is 0 Å². The average Bonchev–Trinajstić information content (AvgIpc) is 2.81. The number of nitrogens with one attached hydrogen (secondary N) is 1. The highest BCUT2D eigenvalue weighted by Gasteiger charge is 2.41. The molecule has 1 saturated carbocycles. The molecule has 1 amide bonds. The van der Waals surface area contributed by atoms with Crippen LogP contribution in [0.3, 0.4) is 0 Å². The maximum atomic E-state index is 13.7. The zero-order valence-electron chi connectivity index (χ0n) is 12.2. The maximum absolute atomic E-state index is 13.7. The van der Waals surface area contributed by atoms with Crippen LogP contribution in [0.5, 0.6) is 0 Å². The Morgan fingerprint density at radius 2 is 1.90 bits per heavy atom. The molecule has 4 atom stereocenters. The van der Waals surface area contributed by atoms with Gasteiger partial charge in [0.15, 0.2) is 0 Å². The van der Waals surface area contributed by atoms with Gasteiger partial charge in [-0.2, -0.15) is 0 Å². The van der Waals surface area contributed by atoms with Gasteiger partial charge in [0, 0.05) is 5.56 Å². The Morgan fingerprint density at radius 3 is 2.52 bits per heavy atom. The number of carboxylic acid groups (broad SMARTS) is 1. The second kappa shape index (κ2) is 6.24. The van der Waals surface area contributed by atoms with Gasteiger partial charge in [-0.3, -0.25) is 9.59 Å². The van der Waals surface area contributed by atoms with Crippen LogP contribution < -0.4 is 5.32 Å². The van der Waals surface area contributed by atoms with Gasteiger partial charge in [-0.1, -0.05) is 25.1 Å². The fourth-order valence-electron chi connectivity index (χ4n) is 3.08. The molecule has 0 aliphatic heterocycles. The van der Waals surface area contributed by atoms with Crippen LogP contribution in [-0.2, 0) is 9.59 Å². The number of aliphatic carboxylic acids is 1. The second-order valence-electron chi connectivity index (χ2n) is 5.88. The zero-order valence-corrected chi connectivity index (χ0v) is 12.2. The number of hydrogen-bond acceptors (Lipinski definition) is 2. The van der Waals surface area contributed by atoms with Crippen LogP contribution in [0.2, 0.25) is 0 Å². The minimum atomic E-state index is -0.932. The monoisotopic (exact) mass is 293 g/mol. The van der Waals surface area contributed by atoms with E-state index in [9.17, 15) is 19.1 Å². The Hall–Kier alpha value is -1.91. The smallest absolute Gasteiger partial charge is 0.307 e. The summed E-state index contributed by atoms with van der Waals surface area (Å²) in [6.07, 6.45) is 1.08. The Labute approximate surface area is 123 Å². The molecule has 3 unspecified atom stereocenters. The third-order valence-corrected chi connectivity index (χ3v) is 4.18. The first-order chi connectivity index (χ1) is 9.90. The third kappa shape index (κ3) is 3.40. The van der Waals surface area contributed by atoms with Crippen molar-refractivity contribution < 1.29 is 19.1 Å². The lowest BCUT2D eigenvalue weighted by molar-refractivity contribution is -0.146. The minimum absolute atomic E-state index is 0.214.